The molecule has 2 saturated heterocycles. The van der Waals surface area contributed by atoms with Crippen molar-refractivity contribution in [1.82, 2.24) is 19.4 Å². The maximum atomic E-state index is 12.7. The molecule has 5 nitrogen and oxygen atoms in total. The fraction of sp³-hybridized carbons (Fsp3) is 0.778. The SMILES string of the molecule is O=C(CN1CCCCCCC1)N1CCC[C@H](Cn2ccnc2)C1. The van der Waals surface area contributed by atoms with Crippen LogP contribution in [0.2, 0.25) is 0 Å². The molecule has 3 heterocycles. The average Bonchev–Trinajstić information content (AvgIpc) is 3.03. The Hall–Kier alpha value is -1.36. The highest BCUT2D eigenvalue weighted by Crippen LogP contribution is 2.19. The third-order valence-corrected chi connectivity index (χ3v) is 5.21. The first kappa shape index (κ1) is 16.5. The van der Waals surface area contributed by atoms with Crippen LogP contribution < -0.4 is 0 Å². The minimum atomic E-state index is 0.334. The number of aromatic nitrogens is 2. The van der Waals surface area contributed by atoms with Gasteiger partial charge in [-0.2, -0.15) is 0 Å². The summed E-state index contributed by atoms with van der Waals surface area (Å²) in [6, 6.07) is 0. The number of nitrogens with zero attached hydrogens (tertiary/aromatic N) is 4. The summed E-state index contributed by atoms with van der Waals surface area (Å²) in [6.07, 6.45) is 14.6. The van der Waals surface area contributed by atoms with Gasteiger partial charge in [0.25, 0.3) is 0 Å². The lowest BCUT2D eigenvalue weighted by Crippen LogP contribution is -2.46. The minimum Gasteiger partial charge on any atom is -0.341 e. The number of rotatable bonds is 4. The molecule has 1 atom stereocenters. The van der Waals surface area contributed by atoms with Crippen molar-refractivity contribution in [1.29, 1.82) is 0 Å². The number of piperidine rings is 1. The molecule has 5 heteroatoms. The summed E-state index contributed by atoms with van der Waals surface area (Å²) in [6.45, 7) is 5.64. The molecule has 1 aromatic rings. The molecule has 2 fully saturated rings. The van der Waals surface area contributed by atoms with Crippen molar-refractivity contribution in [3.63, 3.8) is 0 Å². The lowest BCUT2D eigenvalue weighted by molar-refractivity contribution is -0.134. The van der Waals surface area contributed by atoms with E-state index in [1.807, 2.05) is 18.7 Å². The van der Waals surface area contributed by atoms with Gasteiger partial charge in [-0.25, -0.2) is 4.98 Å². The highest BCUT2D eigenvalue weighted by atomic mass is 16.2. The van der Waals surface area contributed by atoms with E-state index in [1.165, 1.54) is 38.5 Å². The van der Waals surface area contributed by atoms with E-state index in [0.29, 0.717) is 18.4 Å². The summed E-state index contributed by atoms with van der Waals surface area (Å²) in [5, 5.41) is 0. The molecule has 23 heavy (non-hydrogen) atoms. The van der Waals surface area contributed by atoms with Crippen LogP contribution in [0.4, 0.5) is 0 Å². The average molecular weight is 318 g/mol. The normalized spacial score (nSPS) is 24.2. The molecule has 128 valence electrons. The van der Waals surface area contributed by atoms with Gasteiger partial charge in [0.2, 0.25) is 5.91 Å². The third-order valence-electron chi connectivity index (χ3n) is 5.21. The second-order valence-corrected chi connectivity index (χ2v) is 7.15. The molecule has 0 N–H and O–H groups in total. The quantitative estimate of drug-likeness (QED) is 0.856. The largest absolute Gasteiger partial charge is 0.341 e. The standard InChI is InChI=1S/C18H30N4O/c23-18(15-20-9-4-2-1-3-5-10-20)22-11-6-7-17(14-22)13-21-12-8-19-16-21/h8,12,16-17H,1-7,9-11,13-15H2/t17-/m1/s1. The zero-order chi connectivity index (χ0) is 15.9. The summed E-state index contributed by atoms with van der Waals surface area (Å²) >= 11 is 0. The van der Waals surface area contributed by atoms with Gasteiger partial charge in [0.1, 0.15) is 0 Å². The fourth-order valence-electron chi connectivity index (χ4n) is 3.90. The Kier molecular flexibility index (Phi) is 6.08. The predicted octanol–water partition coefficient (Wildman–Crippen LogP) is 2.39. The molecule has 0 aliphatic carbocycles. The summed E-state index contributed by atoms with van der Waals surface area (Å²) in [7, 11) is 0. The van der Waals surface area contributed by atoms with Crippen LogP contribution in [0.3, 0.4) is 0 Å². The number of likely N-dealkylation sites (tertiary alicyclic amines) is 2. The van der Waals surface area contributed by atoms with Gasteiger partial charge in [0, 0.05) is 32.0 Å². The van der Waals surface area contributed by atoms with E-state index in [2.05, 4.69) is 19.4 Å². The van der Waals surface area contributed by atoms with Gasteiger partial charge in [-0.3, -0.25) is 9.69 Å². The van der Waals surface area contributed by atoms with E-state index < -0.39 is 0 Å². The van der Waals surface area contributed by atoms with Gasteiger partial charge in [-0.1, -0.05) is 19.3 Å². The molecule has 0 radical (unpaired) electrons. The first-order chi connectivity index (χ1) is 11.3. The van der Waals surface area contributed by atoms with Gasteiger partial charge >= 0.3 is 0 Å². The Labute approximate surface area is 139 Å². The molecule has 1 amide bonds. The summed E-state index contributed by atoms with van der Waals surface area (Å²) in [5.74, 6) is 0.898. The van der Waals surface area contributed by atoms with Crippen LogP contribution in [0.15, 0.2) is 18.7 Å². The van der Waals surface area contributed by atoms with Crippen LogP contribution in [0.25, 0.3) is 0 Å². The Bertz CT molecular complexity index is 465. The number of hydrogen-bond donors (Lipinski definition) is 0. The van der Waals surface area contributed by atoms with Crippen molar-refractivity contribution < 1.29 is 4.79 Å². The van der Waals surface area contributed by atoms with Crippen molar-refractivity contribution in [2.75, 3.05) is 32.7 Å². The first-order valence-corrected chi connectivity index (χ1v) is 9.27. The number of imidazole rings is 1. The van der Waals surface area contributed by atoms with Crippen LogP contribution in [0.1, 0.15) is 44.9 Å². The molecular formula is C18H30N4O. The van der Waals surface area contributed by atoms with Crippen molar-refractivity contribution in [2.45, 2.75) is 51.5 Å². The molecule has 0 aromatic carbocycles. The molecule has 0 unspecified atom stereocenters. The molecule has 0 spiro atoms. The molecular weight excluding hydrogens is 288 g/mol. The molecule has 0 bridgehead atoms. The van der Waals surface area contributed by atoms with Gasteiger partial charge < -0.3 is 9.47 Å². The summed E-state index contributed by atoms with van der Waals surface area (Å²) in [5.41, 5.74) is 0. The van der Waals surface area contributed by atoms with Crippen molar-refractivity contribution in [2.24, 2.45) is 5.92 Å². The van der Waals surface area contributed by atoms with Gasteiger partial charge in [-0.05, 0) is 44.7 Å². The third kappa shape index (κ3) is 5.06. The molecule has 3 rings (SSSR count). The maximum absolute atomic E-state index is 12.7. The Balaban J connectivity index is 1.48. The van der Waals surface area contributed by atoms with Gasteiger partial charge in [0.05, 0.1) is 12.9 Å². The van der Waals surface area contributed by atoms with Crippen LogP contribution >= 0.6 is 0 Å². The van der Waals surface area contributed by atoms with Crippen LogP contribution in [0, 0.1) is 5.92 Å². The van der Waals surface area contributed by atoms with Crippen molar-refractivity contribution in [3.8, 4) is 0 Å². The van der Waals surface area contributed by atoms with Crippen LogP contribution in [-0.4, -0.2) is 58.0 Å². The monoisotopic (exact) mass is 318 g/mol. The number of amides is 1. The second-order valence-electron chi connectivity index (χ2n) is 7.15. The Morgan fingerprint density at radius 2 is 1.83 bits per heavy atom. The van der Waals surface area contributed by atoms with Gasteiger partial charge in [-0.15, -0.1) is 0 Å². The number of hydrogen-bond acceptors (Lipinski definition) is 3. The van der Waals surface area contributed by atoms with Crippen LogP contribution in [0.5, 0.6) is 0 Å². The van der Waals surface area contributed by atoms with E-state index in [4.69, 9.17) is 0 Å². The summed E-state index contributed by atoms with van der Waals surface area (Å²) in [4.78, 5) is 21.3. The highest BCUT2D eigenvalue weighted by Gasteiger charge is 2.25. The topological polar surface area (TPSA) is 41.4 Å². The van der Waals surface area contributed by atoms with Crippen molar-refractivity contribution >= 4 is 5.91 Å². The molecule has 1 aromatic heterocycles. The maximum Gasteiger partial charge on any atom is 0.236 e. The number of carbonyl (C=O) groups excluding carboxylic acids is 1. The van der Waals surface area contributed by atoms with Crippen molar-refractivity contribution in [3.05, 3.63) is 18.7 Å². The van der Waals surface area contributed by atoms with E-state index in [0.717, 1.165) is 39.1 Å². The molecule has 2 aliphatic heterocycles. The minimum absolute atomic E-state index is 0.334. The highest BCUT2D eigenvalue weighted by molar-refractivity contribution is 5.78. The first-order valence-electron chi connectivity index (χ1n) is 9.27. The van der Waals surface area contributed by atoms with E-state index in [9.17, 15) is 4.79 Å². The number of carbonyl (C=O) groups is 1. The van der Waals surface area contributed by atoms with E-state index in [-0.39, 0.29) is 0 Å². The van der Waals surface area contributed by atoms with Gasteiger partial charge in [0.15, 0.2) is 0 Å². The van der Waals surface area contributed by atoms with E-state index in [1.54, 1.807) is 0 Å². The Morgan fingerprint density at radius 1 is 1.04 bits per heavy atom. The smallest absolute Gasteiger partial charge is 0.236 e. The zero-order valence-corrected chi connectivity index (χ0v) is 14.2. The molecule has 0 saturated carbocycles. The summed E-state index contributed by atoms with van der Waals surface area (Å²) < 4.78 is 2.14. The lowest BCUT2D eigenvalue weighted by atomic mass is 9.98. The van der Waals surface area contributed by atoms with E-state index >= 15 is 0 Å². The van der Waals surface area contributed by atoms with Crippen LogP contribution in [-0.2, 0) is 11.3 Å². The Morgan fingerprint density at radius 3 is 2.57 bits per heavy atom. The predicted molar refractivity (Wildman–Crippen MR) is 91.1 cm³/mol. The second kappa shape index (κ2) is 8.48. The zero-order valence-electron chi connectivity index (χ0n) is 14.2. The lowest BCUT2D eigenvalue weighted by Gasteiger charge is -2.34. The molecule has 2 aliphatic rings. The fourth-order valence-corrected chi connectivity index (χ4v) is 3.90.